The number of aromatic nitrogens is 3. The van der Waals surface area contributed by atoms with E-state index in [4.69, 9.17) is 4.98 Å². The maximum Gasteiger partial charge on any atom is 0.277 e. The zero-order chi connectivity index (χ0) is 23.3. The maximum absolute atomic E-state index is 12.7. The second-order valence-electron chi connectivity index (χ2n) is 10.3. The molecule has 0 aromatic carbocycles. The van der Waals surface area contributed by atoms with E-state index in [1.807, 2.05) is 6.92 Å². The minimum absolute atomic E-state index is 0.0190. The molecule has 2 saturated carbocycles. The van der Waals surface area contributed by atoms with Gasteiger partial charge in [0.2, 0.25) is 5.91 Å². The van der Waals surface area contributed by atoms with Gasteiger partial charge in [0.15, 0.2) is 5.13 Å². The fourth-order valence-corrected chi connectivity index (χ4v) is 7.19. The van der Waals surface area contributed by atoms with Crippen molar-refractivity contribution in [1.82, 2.24) is 20.3 Å². The summed E-state index contributed by atoms with van der Waals surface area (Å²) in [5.41, 5.74) is 1.14. The third-order valence-electron chi connectivity index (χ3n) is 7.92. The monoisotopic (exact) mass is 469 g/mol. The molecular formula is C24H31N5O3S. The van der Waals surface area contributed by atoms with E-state index in [1.54, 1.807) is 0 Å². The van der Waals surface area contributed by atoms with E-state index >= 15 is 0 Å². The molecule has 6 atom stereocenters. The SMILES string of the molecule is C[C@H](C(=O)NC1CC1)[C@@H]1CC[C@]2(C)Cc3sc(NC(=O)c4cnccn4)nc3[C@@H](C)[C@@H]2[C@H]1O. The van der Waals surface area contributed by atoms with E-state index in [0.29, 0.717) is 11.2 Å². The quantitative estimate of drug-likeness (QED) is 0.619. The highest BCUT2D eigenvalue weighted by molar-refractivity contribution is 7.15. The van der Waals surface area contributed by atoms with Crippen molar-refractivity contribution in [1.29, 1.82) is 0 Å². The fraction of sp³-hybridized carbons (Fsp3) is 0.625. The van der Waals surface area contributed by atoms with Gasteiger partial charge in [-0.1, -0.05) is 20.8 Å². The van der Waals surface area contributed by atoms with E-state index < -0.39 is 6.10 Å². The Morgan fingerprint density at radius 3 is 2.76 bits per heavy atom. The molecule has 3 aliphatic rings. The average molecular weight is 470 g/mol. The number of thiazole rings is 1. The van der Waals surface area contributed by atoms with Crippen molar-refractivity contribution in [3.8, 4) is 0 Å². The number of rotatable bonds is 5. The molecule has 8 nitrogen and oxygen atoms in total. The van der Waals surface area contributed by atoms with Crippen LogP contribution in [0.1, 0.15) is 73.4 Å². The lowest BCUT2D eigenvalue weighted by atomic mass is 9.53. The summed E-state index contributed by atoms with van der Waals surface area (Å²) < 4.78 is 0. The summed E-state index contributed by atoms with van der Waals surface area (Å²) in [6.07, 6.45) is 8.62. The zero-order valence-electron chi connectivity index (χ0n) is 19.2. The third kappa shape index (κ3) is 4.17. The molecule has 2 fully saturated rings. The number of carbonyl (C=O) groups excluding carboxylic acids is 2. The van der Waals surface area contributed by atoms with Gasteiger partial charge in [-0.15, -0.1) is 11.3 Å². The van der Waals surface area contributed by atoms with E-state index in [0.717, 1.165) is 37.8 Å². The van der Waals surface area contributed by atoms with Crippen molar-refractivity contribution in [2.24, 2.45) is 23.2 Å². The van der Waals surface area contributed by atoms with E-state index in [1.165, 1.54) is 34.8 Å². The standard InChI is InChI=1S/C24H31N5O3S/c1-12(21(31)27-14-4-5-14)15-6-7-24(3)10-17-19(13(2)18(24)20(15)30)28-23(33-17)29-22(32)16-11-25-8-9-26-16/h8-9,11-15,18,20,30H,4-7,10H2,1-3H3,(H,27,31)(H,28,29,32)/t12-,13-,15-,18+,20-,24+/m0/s1. The van der Waals surface area contributed by atoms with Crippen LogP contribution in [0.25, 0.3) is 0 Å². The first-order valence-electron chi connectivity index (χ1n) is 11.8. The highest BCUT2D eigenvalue weighted by Gasteiger charge is 2.54. The van der Waals surface area contributed by atoms with Crippen LogP contribution >= 0.6 is 11.3 Å². The van der Waals surface area contributed by atoms with Gasteiger partial charge in [0.25, 0.3) is 5.91 Å². The first kappa shape index (κ1) is 22.4. The second kappa shape index (κ2) is 8.43. The van der Waals surface area contributed by atoms with Gasteiger partial charge in [-0.3, -0.25) is 19.9 Å². The lowest BCUT2D eigenvalue weighted by molar-refractivity contribution is -0.134. The van der Waals surface area contributed by atoms with Crippen LogP contribution in [0.3, 0.4) is 0 Å². The van der Waals surface area contributed by atoms with Crippen molar-refractivity contribution in [3.05, 3.63) is 34.9 Å². The molecule has 2 aromatic heterocycles. The van der Waals surface area contributed by atoms with Crippen LogP contribution in [-0.4, -0.2) is 44.0 Å². The summed E-state index contributed by atoms with van der Waals surface area (Å²) in [4.78, 5) is 39.1. The summed E-state index contributed by atoms with van der Waals surface area (Å²) in [6, 6.07) is 0.326. The lowest BCUT2D eigenvalue weighted by Crippen LogP contribution is -2.53. The molecule has 5 rings (SSSR count). The molecule has 2 heterocycles. The number of nitrogens with zero attached hydrogens (tertiary/aromatic N) is 3. The molecule has 3 aliphatic carbocycles. The summed E-state index contributed by atoms with van der Waals surface area (Å²) in [5.74, 6) is -0.478. The van der Waals surface area contributed by atoms with Crippen LogP contribution in [0.4, 0.5) is 5.13 Å². The van der Waals surface area contributed by atoms with Gasteiger partial charge in [0.05, 0.1) is 18.0 Å². The molecule has 0 spiro atoms. The first-order valence-corrected chi connectivity index (χ1v) is 12.6. The van der Waals surface area contributed by atoms with Gasteiger partial charge >= 0.3 is 0 Å². The van der Waals surface area contributed by atoms with Crippen molar-refractivity contribution in [2.75, 3.05) is 5.32 Å². The van der Waals surface area contributed by atoms with Gasteiger partial charge in [-0.2, -0.15) is 0 Å². The van der Waals surface area contributed by atoms with E-state index in [2.05, 4.69) is 34.4 Å². The Kier molecular flexibility index (Phi) is 5.73. The Morgan fingerprint density at radius 1 is 1.27 bits per heavy atom. The lowest BCUT2D eigenvalue weighted by Gasteiger charge is -2.53. The fourth-order valence-electron chi connectivity index (χ4n) is 5.93. The molecule has 0 saturated heterocycles. The largest absolute Gasteiger partial charge is 0.392 e. The molecule has 0 bridgehead atoms. The molecule has 0 radical (unpaired) electrons. The molecular weight excluding hydrogens is 438 g/mol. The topological polar surface area (TPSA) is 117 Å². The summed E-state index contributed by atoms with van der Waals surface area (Å²) in [7, 11) is 0. The third-order valence-corrected chi connectivity index (χ3v) is 8.90. The molecule has 0 unspecified atom stereocenters. The van der Waals surface area contributed by atoms with E-state index in [9.17, 15) is 14.7 Å². The van der Waals surface area contributed by atoms with Crippen LogP contribution in [0.15, 0.2) is 18.6 Å². The van der Waals surface area contributed by atoms with Crippen molar-refractivity contribution in [2.45, 2.75) is 70.9 Å². The number of anilines is 1. The predicted octanol–water partition coefficient (Wildman–Crippen LogP) is 3.15. The van der Waals surface area contributed by atoms with Gasteiger partial charge in [-0.25, -0.2) is 9.97 Å². The molecule has 0 aliphatic heterocycles. The van der Waals surface area contributed by atoms with Crippen LogP contribution < -0.4 is 10.6 Å². The Balaban J connectivity index is 1.35. The molecule has 2 amide bonds. The maximum atomic E-state index is 12.7. The molecule has 9 heteroatoms. The van der Waals surface area contributed by atoms with Crippen LogP contribution in [0.5, 0.6) is 0 Å². The van der Waals surface area contributed by atoms with Gasteiger partial charge in [0.1, 0.15) is 5.69 Å². The van der Waals surface area contributed by atoms with Crippen molar-refractivity contribution < 1.29 is 14.7 Å². The number of aliphatic hydroxyl groups excluding tert-OH is 1. The Labute approximate surface area is 197 Å². The smallest absolute Gasteiger partial charge is 0.277 e. The van der Waals surface area contributed by atoms with Crippen molar-refractivity contribution >= 4 is 28.3 Å². The Morgan fingerprint density at radius 2 is 2.06 bits per heavy atom. The number of fused-ring (bicyclic) bond motifs is 2. The normalized spacial score (nSPS) is 31.8. The van der Waals surface area contributed by atoms with Crippen LogP contribution in [0.2, 0.25) is 0 Å². The van der Waals surface area contributed by atoms with Crippen LogP contribution in [-0.2, 0) is 11.2 Å². The second-order valence-corrected chi connectivity index (χ2v) is 11.4. The van der Waals surface area contributed by atoms with Gasteiger partial charge < -0.3 is 10.4 Å². The Bertz CT molecular complexity index is 1060. The Hall–Kier alpha value is -2.39. The number of hydrogen-bond donors (Lipinski definition) is 3. The molecule has 2 aromatic rings. The van der Waals surface area contributed by atoms with Crippen molar-refractivity contribution in [3.63, 3.8) is 0 Å². The molecule has 33 heavy (non-hydrogen) atoms. The van der Waals surface area contributed by atoms with Crippen LogP contribution in [0, 0.1) is 23.2 Å². The number of amides is 2. The average Bonchev–Trinajstić information content (AvgIpc) is 3.51. The zero-order valence-corrected chi connectivity index (χ0v) is 20.1. The number of carbonyl (C=O) groups is 2. The summed E-state index contributed by atoms with van der Waals surface area (Å²) in [6.45, 7) is 6.33. The van der Waals surface area contributed by atoms with E-state index in [-0.39, 0.29) is 46.6 Å². The minimum Gasteiger partial charge on any atom is -0.392 e. The number of hydrogen-bond acceptors (Lipinski definition) is 7. The van der Waals surface area contributed by atoms with Gasteiger partial charge in [-0.05, 0) is 49.4 Å². The highest BCUT2D eigenvalue weighted by atomic mass is 32.1. The summed E-state index contributed by atoms with van der Waals surface area (Å²) >= 11 is 1.51. The minimum atomic E-state index is -0.564. The van der Waals surface area contributed by atoms with Gasteiger partial charge in [0, 0.05) is 35.1 Å². The summed E-state index contributed by atoms with van der Waals surface area (Å²) in [5, 5.41) is 18.0. The number of nitrogens with one attached hydrogen (secondary N) is 2. The first-order chi connectivity index (χ1) is 15.8. The molecule has 176 valence electrons. The predicted molar refractivity (Wildman–Crippen MR) is 125 cm³/mol. The highest BCUT2D eigenvalue weighted by Crippen LogP contribution is 2.57. The number of aliphatic hydroxyl groups is 1. The molecule has 3 N–H and O–H groups in total.